The summed E-state index contributed by atoms with van der Waals surface area (Å²) < 4.78 is 28.8. The number of hydrogen-bond donors (Lipinski definition) is 0. The highest BCUT2D eigenvalue weighted by molar-refractivity contribution is 7.18. The van der Waals surface area contributed by atoms with Crippen LogP contribution in [-0.4, -0.2) is 72.1 Å². The van der Waals surface area contributed by atoms with Crippen molar-refractivity contribution in [3.8, 4) is 28.1 Å². The van der Waals surface area contributed by atoms with Gasteiger partial charge in [0.1, 0.15) is 24.0 Å². The average Bonchev–Trinajstić information content (AvgIpc) is 3.78. The number of aromatic nitrogens is 3. The molecule has 0 aliphatic carbocycles. The molecule has 44 heavy (non-hydrogen) atoms. The molecule has 3 aromatic heterocycles. The molecule has 2 unspecified atom stereocenters. The van der Waals surface area contributed by atoms with Gasteiger partial charge in [-0.2, -0.15) is 5.10 Å². The molecule has 2 aliphatic heterocycles. The number of methoxy groups -OCH3 is 1. The lowest BCUT2D eigenvalue weighted by Crippen LogP contribution is -2.42. The van der Waals surface area contributed by atoms with Crippen LogP contribution in [0.25, 0.3) is 43.4 Å². The molecule has 2 fully saturated rings. The second kappa shape index (κ2) is 11.7. The van der Waals surface area contributed by atoms with Crippen LogP contribution >= 0.6 is 11.3 Å². The molecule has 0 radical (unpaired) electrons. The summed E-state index contributed by atoms with van der Waals surface area (Å²) in [4.78, 5) is 22.2. The van der Waals surface area contributed by atoms with Crippen molar-refractivity contribution < 1.29 is 18.7 Å². The third-order valence-electron chi connectivity index (χ3n) is 8.95. The maximum atomic E-state index is 14.6. The molecule has 1 amide bonds. The van der Waals surface area contributed by atoms with E-state index in [1.165, 1.54) is 18.2 Å². The molecule has 2 aliphatic rings. The van der Waals surface area contributed by atoms with Crippen molar-refractivity contribution in [1.82, 2.24) is 19.7 Å². The van der Waals surface area contributed by atoms with E-state index in [9.17, 15) is 9.18 Å². The second-order valence-electron chi connectivity index (χ2n) is 11.5. The number of ether oxygens (including phenoxy) is 2. The Bertz CT molecular complexity index is 1880. The number of pyridine rings is 1. The van der Waals surface area contributed by atoms with Gasteiger partial charge in [0.2, 0.25) is 5.91 Å². The van der Waals surface area contributed by atoms with E-state index >= 15 is 0 Å². The standard InChI is InChI=1S/C34H34FN5O3S/c1-4-30(41)39-11-9-22-18-40(20-24(22)19-39)34-31(26-7-6-25(35)16-29(26)43-13-12-42-3)33-27(10-14-44-33)32(37-34)21-5-8-28-23(15-21)17-36-38(28)2/h4-8,10,14-17,22,24H,1,9,11-13,18-20H2,2-3H3. The molecule has 5 aromatic rings. The average molecular weight is 612 g/mol. The van der Waals surface area contributed by atoms with Gasteiger partial charge in [0.15, 0.2) is 0 Å². The fourth-order valence-electron chi connectivity index (χ4n) is 6.74. The zero-order valence-electron chi connectivity index (χ0n) is 24.8. The minimum Gasteiger partial charge on any atom is -0.490 e. The number of carbonyl (C=O) groups is 1. The van der Waals surface area contributed by atoms with E-state index in [1.54, 1.807) is 24.5 Å². The molecule has 2 aromatic carbocycles. The van der Waals surface area contributed by atoms with Crippen molar-refractivity contribution in [2.45, 2.75) is 6.42 Å². The van der Waals surface area contributed by atoms with E-state index in [2.05, 4.69) is 46.2 Å². The zero-order valence-corrected chi connectivity index (χ0v) is 25.6. The second-order valence-corrected chi connectivity index (χ2v) is 12.5. The minimum absolute atomic E-state index is 0.0158. The van der Waals surface area contributed by atoms with Crippen molar-refractivity contribution in [3.63, 3.8) is 0 Å². The Hall–Kier alpha value is -4.28. The minimum atomic E-state index is -0.362. The highest BCUT2D eigenvalue weighted by atomic mass is 32.1. The fourth-order valence-corrected chi connectivity index (χ4v) is 7.69. The summed E-state index contributed by atoms with van der Waals surface area (Å²) in [5, 5.41) is 8.60. The Morgan fingerprint density at radius 2 is 2.00 bits per heavy atom. The third-order valence-corrected chi connectivity index (χ3v) is 9.89. The molecule has 0 spiro atoms. The maximum Gasteiger partial charge on any atom is 0.245 e. The lowest BCUT2D eigenvalue weighted by molar-refractivity contribution is -0.128. The zero-order chi connectivity index (χ0) is 30.4. The summed E-state index contributed by atoms with van der Waals surface area (Å²) in [6.45, 7) is 7.42. The summed E-state index contributed by atoms with van der Waals surface area (Å²) in [6.07, 6.45) is 4.22. The maximum absolute atomic E-state index is 14.6. The van der Waals surface area contributed by atoms with Crippen molar-refractivity contribution in [2.24, 2.45) is 18.9 Å². The van der Waals surface area contributed by atoms with Gasteiger partial charge in [-0.1, -0.05) is 12.6 Å². The number of piperidine rings is 1. The Labute approximate surface area is 259 Å². The van der Waals surface area contributed by atoms with Gasteiger partial charge in [0.25, 0.3) is 0 Å². The molecule has 0 bridgehead atoms. The van der Waals surface area contributed by atoms with E-state index in [-0.39, 0.29) is 11.7 Å². The molecule has 226 valence electrons. The summed E-state index contributed by atoms with van der Waals surface area (Å²) in [5.74, 6) is 1.70. The van der Waals surface area contributed by atoms with E-state index in [0.717, 1.165) is 75.2 Å². The Morgan fingerprint density at radius 3 is 2.84 bits per heavy atom. The number of carbonyl (C=O) groups excluding carboxylic acids is 1. The first-order valence-corrected chi connectivity index (χ1v) is 15.7. The highest BCUT2D eigenvalue weighted by Crippen LogP contribution is 2.48. The topological polar surface area (TPSA) is 72.7 Å². The first kappa shape index (κ1) is 28.5. The first-order chi connectivity index (χ1) is 21.4. The number of halogens is 1. The molecule has 10 heteroatoms. The normalized spacial score (nSPS) is 18.2. The third kappa shape index (κ3) is 5.01. The van der Waals surface area contributed by atoms with Crippen molar-refractivity contribution >= 4 is 44.1 Å². The number of likely N-dealkylation sites (tertiary alicyclic amines) is 1. The summed E-state index contributed by atoms with van der Waals surface area (Å²) in [5.41, 5.74) is 4.69. The van der Waals surface area contributed by atoms with Gasteiger partial charge >= 0.3 is 0 Å². The van der Waals surface area contributed by atoms with Crippen LogP contribution in [0, 0.1) is 17.7 Å². The molecule has 8 nitrogen and oxygen atoms in total. The quantitative estimate of drug-likeness (QED) is 0.155. The smallest absolute Gasteiger partial charge is 0.245 e. The largest absolute Gasteiger partial charge is 0.490 e. The summed E-state index contributed by atoms with van der Waals surface area (Å²) >= 11 is 1.65. The number of fused-ring (bicyclic) bond motifs is 3. The van der Waals surface area contributed by atoms with Crippen LogP contribution in [0.3, 0.4) is 0 Å². The Kier molecular flexibility index (Phi) is 7.55. The first-order valence-electron chi connectivity index (χ1n) is 14.9. The van der Waals surface area contributed by atoms with Gasteiger partial charge in [-0.05, 0) is 60.0 Å². The van der Waals surface area contributed by atoms with E-state index < -0.39 is 0 Å². The van der Waals surface area contributed by atoms with Crippen molar-refractivity contribution in [1.29, 1.82) is 0 Å². The number of aryl methyl sites for hydroxylation is 1. The number of amides is 1. The van der Waals surface area contributed by atoms with Gasteiger partial charge in [-0.25, -0.2) is 9.37 Å². The van der Waals surface area contributed by atoms with Crippen LogP contribution in [0.15, 0.2) is 66.7 Å². The molecular formula is C34H34FN5O3S. The van der Waals surface area contributed by atoms with Crippen LogP contribution in [0.2, 0.25) is 0 Å². The SMILES string of the molecule is C=CC(=O)N1CCC2CN(c3nc(-c4ccc5c(cnn5C)c4)c4ccsc4c3-c3ccc(F)cc3OCCOC)CC2C1. The number of nitrogens with zero attached hydrogens (tertiary/aromatic N) is 5. The number of hydrogen-bond acceptors (Lipinski definition) is 7. The monoisotopic (exact) mass is 611 g/mol. The van der Waals surface area contributed by atoms with Crippen LogP contribution in [0.1, 0.15) is 6.42 Å². The lowest BCUT2D eigenvalue weighted by Gasteiger charge is -2.33. The molecule has 2 saturated heterocycles. The number of rotatable bonds is 8. The van der Waals surface area contributed by atoms with Crippen molar-refractivity contribution in [2.75, 3.05) is 51.4 Å². The van der Waals surface area contributed by atoms with Crippen molar-refractivity contribution in [3.05, 3.63) is 72.5 Å². The Balaban J connectivity index is 1.39. The fraction of sp³-hybridized carbons (Fsp3) is 0.324. The molecule has 2 atom stereocenters. The van der Waals surface area contributed by atoms with Gasteiger partial charge in [-0.15, -0.1) is 11.3 Å². The predicted molar refractivity (Wildman–Crippen MR) is 173 cm³/mol. The highest BCUT2D eigenvalue weighted by Gasteiger charge is 2.40. The summed E-state index contributed by atoms with van der Waals surface area (Å²) in [7, 11) is 3.56. The van der Waals surface area contributed by atoms with E-state index in [1.807, 2.05) is 22.8 Å². The van der Waals surface area contributed by atoms with Crippen LogP contribution in [-0.2, 0) is 16.6 Å². The molecule has 5 heterocycles. The predicted octanol–water partition coefficient (Wildman–Crippen LogP) is 6.15. The number of benzene rings is 2. The molecular weight excluding hydrogens is 577 g/mol. The van der Waals surface area contributed by atoms with E-state index in [0.29, 0.717) is 37.3 Å². The number of thiophene rings is 1. The molecule has 7 rings (SSSR count). The van der Waals surface area contributed by atoms with Crippen LogP contribution < -0.4 is 9.64 Å². The van der Waals surface area contributed by atoms with Gasteiger partial charge in [0.05, 0.1) is 24.0 Å². The Morgan fingerprint density at radius 1 is 1.14 bits per heavy atom. The lowest BCUT2D eigenvalue weighted by atomic mass is 9.89. The summed E-state index contributed by atoms with van der Waals surface area (Å²) in [6, 6.07) is 13.2. The molecule has 0 N–H and O–H groups in total. The van der Waals surface area contributed by atoms with Crippen LogP contribution in [0.4, 0.5) is 10.2 Å². The van der Waals surface area contributed by atoms with Gasteiger partial charge in [0, 0.05) is 78.6 Å². The number of anilines is 1. The molecule has 0 saturated carbocycles. The van der Waals surface area contributed by atoms with Gasteiger partial charge < -0.3 is 19.3 Å². The van der Waals surface area contributed by atoms with Gasteiger partial charge in [-0.3, -0.25) is 9.48 Å². The van der Waals surface area contributed by atoms with Crippen LogP contribution in [0.5, 0.6) is 5.75 Å². The van der Waals surface area contributed by atoms with E-state index in [4.69, 9.17) is 14.5 Å².